The lowest BCUT2D eigenvalue weighted by Gasteiger charge is -2.26. The van der Waals surface area contributed by atoms with Gasteiger partial charge in [-0.25, -0.2) is 13.1 Å². The second kappa shape index (κ2) is 8.05. The molecule has 146 valence electrons. The lowest BCUT2D eigenvalue weighted by atomic mass is 9.98. The van der Waals surface area contributed by atoms with Crippen molar-refractivity contribution in [2.45, 2.75) is 10.9 Å². The van der Waals surface area contributed by atoms with Crippen LogP contribution in [0.4, 0.5) is 5.69 Å². The fraction of sp³-hybridized carbons (Fsp3) is 0.200. The first-order chi connectivity index (χ1) is 13.3. The van der Waals surface area contributed by atoms with E-state index in [1.165, 1.54) is 24.3 Å². The molecule has 0 aliphatic rings. The van der Waals surface area contributed by atoms with Crippen LogP contribution in [0, 0.1) is 10.1 Å². The molecule has 3 aromatic rings. The predicted octanol–water partition coefficient (Wildman–Crippen LogP) is 3.33. The number of non-ortho nitro benzene ring substituents is 1. The van der Waals surface area contributed by atoms with Crippen LogP contribution in [0.1, 0.15) is 11.6 Å². The number of nitro groups is 1. The quantitative estimate of drug-likeness (QED) is 0.486. The van der Waals surface area contributed by atoms with E-state index in [0.717, 1.165) is 16.3 Å². The number of sulfonamides is 1. The Labute approximate surface area is 163 Å². The van der Waals surface area contributed by atoms with Crippen LogP contribution in [-0.4, -0.2) is 38.9 Å². The third kappa shape index (κ3) is 4.19. The van der Waals surface area contributed by atoms with Crippen LogP contribution in [0.3, 0.4) is 0 Å². The summed E-state index contributed by atoms with van der Waals surface area (Å²) in [6, 6.07) is 18.6. The van der Waals surface area contributed by atoms with Crippen molar-refractivity contribution in [3.63, 3.8) is 0 Å². The van der Waals surface area contributed by atoms with Gasteiger partial charge in [-0.1, -0.05) is 42.5 Å². The summed E-state index contributed by atoms with van der Waals surface area (Å²) < 4.78 is 27.9. The maximum absolute atomic E-state index is 12.6. The number of nitrogens with one attached hydrogen (secondary N) is 1. The van der Waals surface area contributed by atoms with Crippen molar-refractivity contribution >= 4 is 26.5 Å². The van der Waals surface area contributed by atoms with Crippen LogP contribution in [0.2, 0.25) is 0 Å². The number of fused-ring (bicyclic) bond motifs is 1. The smallest absolute Gasteiger partial charge is 0.269 e. The third-order valence-corrected chi connectivity index (χ3v) is 6.07. The number of benzene rings is 3. The Morgan fingerprint density at radius 3 is 2.29 bits per heavy atom. The molecule has 0 saturated heterocycles. The summed E-state index contributed by atoms with van der Waals surface area (Å²) in [6.07, 6.45) is 0. The summed E-state index contributed by atoms with van der Waals surface area (Å²) in [5, 5.41) is 12.9. The minimum atomic E-state index is -3.79. The van der Waals surface area contributed by atoms with E-state index in [1.54, 1.807) is 0 Å². The SMILES string of the molecule is CN(C)C(CNS(=O)(=O)c1ccc([N+](=O)[O-])cc1)c1cccc2ccccc12. The van der Waals surface area contributed by atoms with Gasteiger partial charge in [0.2, 0.25) is 10.0 Å². The van der Waals surface area contributed by atoms with Gasteiger partial charge in [0.05, 0.1) is 9.82 Å². The molecule has 0 radical (unpaired) electrons. The molecule has 3 aromatic carbocycles. The molecule has 1 N–H and O–H groups in total. The van der Waals surface area contributed by atoms with Crippen molar-refractivity contribution in [2.24, 2.45) is 0 Å². The molecule has 1 unspecified atom stereocenters. The van der Waals surface area contributed by atoms with E-state index < -0.39 is 14.9 Å². The molecule has 3 rings (SSSR count). The van der Waals surface area contributed by atoms with Crippen molar-refractivity contribution in [3.05, 3.63) is 82.4 Å². The molecule has 0 spiro atoms. The standard InChI is InChI=1S/C20H21N3O4S/c1-22(2)20(19-9-5-7-15-6-3-4-8-18(15)19)14-21-28(26,27)17-12-10-16(11-13-17)23(24)25/h3-13,20-21H,14H2,1-2H3. The van der Waals surface area contributed by atoms with Gasteiger partial charge in [0.1, 0.15) is 0 Å². The highest BCUT2D eigenvalue weighted by Crippen LogP contribution is 2.27. The summed E-state index contributed by atoms with van der Waals surface area (Å²) in [4.78, 5) is 12.1. The van der Waals surface area contributed by atoms with Crippen LogP contribution in [0.15, 0.2) is 71.6 Å². The van der Waals surface area contributed by atoms with Gasteiger partial charge < -0.3 is 4.90 Å². The van der Waals surface area contributed by atoms with Crippen molar-refractivity contribution in [1.29, 1.82) is 0 Å². The van der Waals surface area contributed by atoms with E-state index >= 15 is 0 Å². The number of likely N-dealkylation sites (N-methyl/N-ethyl adjacent to an activating group) is 1. The van der Waals surface area contributed by atoms with Crippen LogP contribution in [-0.2, 0) is 10.0 Å². The van der Waals surface area contributed by atoms with E-state index in [4.69, 9.17) is 0 Å². The minimum Gasteiger partial charge on any atom is -0.301 e. The lowest BCUT2D eigenvalue weighted by molar-refractivity contribution is -0.384. The molecule has 0 aromatic heterocycles. The van der Waals surface area contributed by atoms with Gasteiger partial charge in [0.25, 0.3) is 5.69 Å². The molecular formula is C20H21N3O4S. The van der Waals surface area contributed by atoms with Gasteiger partial charge >= 0.3 is 0 Å². The third-order valence-electron chi connectivity index (χ3n) is 4.63. The number of nitro benzene ring substituents is 1. The van der Waals surface area contributed by atoms with E-state index in [0.29, 0.717) is 0 Å². The Bertz CT molecular complexity index is 1090. The molecular weight excluding hydrogens is 378 g/mol. The summed E-state index contributed by atoms with van der Waals surface area (Å²) in [6.45, 7) is 0.167. The molecule has 8 heteroatoms. The Morgan fingerprint density at radius 1 is 1.00 bits per heavy atom. The van der Waals surface area contributed by atoms with Crippen molar-refractivity contribution < 1.29 is 13.3 Å². The van der Waals surface area contributed by atoms with Crippen molar-refractivity contribution in [3.8, 4) is 0 Å². The fourth-order valence-corrected chi connectivity index (χ4v) is 4.17. The predicted molar refractivity (Wildman–Crippen MR) is 109 cm³/mol. The number of rotatable bonds is 7. The largest absolute Gasteiger partial charge is 0.301 e. The summed E-state index contributed by atoms with van der Waals surface area (Å²) in [7, 11) is -0.000958. The zero-order valence-electron chi connectivity index (χ0n) is 15.6. The molecule has 0 fully saturated rings. The van der Waals surface area contributed by atoms with Crippen LogP contribution >= 0.6 is 0 Å². The molecule has 7 nitrogen and oxygen atoms in total. The molecule has 28 heavy (non-hydrogen) atoms. The zero-order chi connectivity index (χ0) is 20.3. The Kier molecular flexibility index (Phi) is 5.73. The Morgan fingerprint density at radius 2 is 1.64 bits per heavy atom. The zero-order valence-corrected chi connectivity index (χ0v) is 16.4. The van der Waals surface area contributed by atoms with E-state index in [9.17, 15) is 18.5 Å². The summed E-state index contributed by atoms with van der Waals surface area (Å²) in [5.74, 6) is 0. The van der Waals surface area contributed by atoms with Gasteiger partial charge in [-0.3, -0.25) is 10.1 Å². The van der Waals surface area contributed by atoms with Crippen LogP contribution < -0.4 is 4.72 Å². The van der Waals surface area contributed by atoms with Crippen LogP contribution in [0.5, 0.6) is 0 Å². The highest BCUT2D eigenvalue weighted by Gasteiger charge is 2.21. The maximum Gasteiger partial charge on any atom is 0.269 e. The van der Waals surface area contributed by atoms with E-state index in [2.05, 4.69) is 4.72 Å². The van der Waals surface area contributed by atoms with Crippen LogP contribution in [0.25, 0.3) is 10.8 Å². The minimum absolute atomic E-state index is 0.00599. The fourth-order valence-electron chi connectivity index (χ4n) is 3.13. The van der Waals surface area contributed by atoms with Gasteiger partial charge in [0.15, 0.2) is 0 Å². The topological polar surface area (TPSA) is 92.6 Å². The first-order valence-electron chi connectivity index (χ1n) is 8.68. The molecule has 0 amide bonds. The number of hydrogen-bond donors (Lipinski definition) is 1. The summed E-state index contributed by atoms with van der Waals surface area (Å²) >= 11 is 0. The molecule has 0 aliphatic heterocycles. The monoisotopic (exact) mass is 399 g/mol. The van der Waals surface area contributed by atoms with Crippen molar-refractivity contribution in [2.75, 3.05) is 20.6 Å². The highest BCUT2D eigenvalue weighted by atomic mass is 32.2. The lowest BCUT2D eigenvalue weighted by Crippen LogP contribution is -2.34. The highest BCUT2D eigenvalue weighted by molar-refractivity contribution is 7.89. The average molecular weight is 399 g/mol. The van der Waals surface area contributed by atoms with E-state index in [-0.39, 0.29) is 23.2 Å². The van der Waals surface area contributed by atoms with Gasteiger partial charge in [0, 0.05) is 24.7 Å². The second-order valence-corrected chi connectivity index (χ2v) is 8.42. The molecule has 1 atom stereocenters. The number of hydrogen-bond acceptors (Lipinski definition) is 5. The molecule has 0 saturated carbocycles. The van der Waals surface area contributed by atoms with Gasteiger partial charge in [-0.15, -0.1) is 0 Å². The molecule has 0 heterocycles. The normalized spacial score (nSPS) is 13.0. The van der Waals surface area contributed by atoms with E-state index in [1.807, 2.05) is 61.5 Å². The first-order valence-corrected chi connectivity index (χ1v) is 10.2. The maximum atomic E-state index is 12.6. The summed E-state index contributed by atoms with van der Waals surface area (Å²) in [5.41, 5.74) is 0.871. The molecule has 0 aliphatic carbocycles. The van der Waals surface area contributed by atoms with Gasteiger partial charge in [-0.2, -0.15) is 0 Å². The van der Waals surface area contributed by atoms with Gasteiger partial charge in [-0.05, 0) is 42.6 Å². The Balaban J connectivity index is 1.86. The Hall–Kier alpha value is -2.81. The molecule has 0 bridgehead atoms. The average Bonchev–Trinajstić information content (AvgIpc) is 2.68. The second-order valence-electron chi connectivity index (χ2n) is 6.65. The first kappa shape index (κ1) is 19.9. The van der Waals surface area contributed by atoms with Crippen molar-refractivity contribution in [1.82, 2.24) is 9.62 Å². The number of nitrogens with zero attached hydrogens (tertiary/aromatic N) is 2.